The monoisotopic (exact) mass is 376 g/mol. The predicted octanol–water partition coefficient (Wildman–Crippen LogP) is 2.74. The lowest BCUT2D eigenvalue weighted by atomic mass is 10.1. The fourth-order valence-corrected chi connectivity index (χ4v) is 3.66. The molecule has 0 N–H and O–H groups in total. The zero-order valence-electron chi connectivity index (χ0n) is 15.0. The topological polar surface area (TPSA) is 68.8 Å². The molecule has 0 fully saturated rings. The minimum atomic E-state index is -0.290. The van der Waals surface area contributed by atoms with Crippen LogP contribution in [0.4, 0.5) is 10.1 Å². The molecule has 1 aliphatic rings. The summed E-state index contributed by atoms with van der Waals surface area (Å²) >= 11 is 0. The molecule has 0 bridgehead atoms. The van der Waals surface area contributed by atoms with E-state index in [1.807, 2.05) is 12.1 Å². The number of hydrogen-bond donors (Lipinski definition) is 0. The zero-order chi connectivity index (χ0) is 19.1. The number of amides is 1. The summed E-state index contributed by atoms with van der Waals surface area (Å²) in [5.74, 6) is -0.350. The molecular weight excluding hydrogens is 359 g/mol. The van der Waals surface area contributed by atoms with E-state index in [2.05, 4.69) is 15.2 Å². The van der Waals surface area contributed by atoms with Gasteiger partial charge in [0.05, 0.1) is 29.5 Å². The van der Waals surface area contributed by atoms with Crippen molar-refractivity contribution < 1.29 is 9.18 Å². The highest BCUT2D eigenvalue weighted by Gasteiger charge is 2.27. The zero-order valence-corrected chi connectivity index (χ0v) is 15.0. The van der Waals surface area contributed by atoms with E-state index in [-0.39, 0.29) is 18.3 Å². The largest absolute Gasteiger partial charge is 0.308 e. The first-order valence-electron chi connectivity index (χ1n) is 9.10. The molecule has 4 heterocycles. The molecule has 3 aromatic heterocycles. The fraction of sp³-hybridized carbons (Fsp3) is 0.200. The van der Waals surface area contributed by atoms with E-state index >= 15 is 0 Å². The Morgan fingerprint density at radius 2 is 1.96 bits per heavy atom. The SMILES string of the molecule is O=C(Cn1ncc2cccnc21)N1CCCc2c1cnn2-c1ccc(F)cc1. The second-order valence-electron chi connectivity index (χ2n) is 6.73. The van der Waals surface area contributed by atoms with Gasteiger partial charge in [0.2, 0.25) is 5.91 Å². The maximum Gasteiger partial charge on any atom is 0.248 e. The number of benzene rings is 1. The van der Waals surface area contributed by atoms with Gasteiger partial charge in [0.15, 0.2) is 5.65 Å². The first-order valence-corrected chi connectivity index (χ1v) is 9.10. The Hall–Kier alpha value is -3.55. The maximum absolute atomic E-state index is 13.2. The number of halogens is 1. The van der Waals surface area contributed by atoms with Crippen LogP contribution in [0.5, 0.6) is 0 Å². The van der Waals surface area contributed by atoms with Gasteiger partial charge in [-0.25, -0.2) is 18.7 Å². The van der Waals surface area contributed by atoms with Crippen LogP contribution in [0, 0.1) is 5.82 Å². The van der Waals surface area contributed by atoms with Gasteiger partial charge in [-0.1, -0.05) is 0 Å². The van der Waals surface area contributed by atoms with E-state index in [9.17, 15) is 9.18 Å². The number of carbonyl (C=O) groups is 1. The molecule has 0 spiro atoms. The van der Waals surface area contributed by atoms with Crippen LogP contribution >= 0.6 is 0 Å². The van der Waals surface area contributed by atoms with Gasteiger partial charge in [-0.15, -0.1) is 0 Å². The molecule has 140 valence electrons. The van der Waals surface area contributed by atoms with Crippen molar-refractivity contribution in [3.63, 3.8) is 0 Å². The lowest BCUT2D eigenvalue weighted by molar-refractivity contribution is -0.119. The molecule has 0 unspecified atom stereocenters. The Morgan fingerprint density at radius 3 is 2.82 bits per heavy atom. The number of aromatic nitrogens is 5. The van der Waals surface area contributed by atoms with E-state index in [0.717, 1.165) is 35.3 Å². The van der Waals surface area contributed by atoms with Crippen LogP contribution in [0.1, 0.15) is 12.1 Å². The van der Waals surface area contributed by atoms with Crippen molar-refractivity contribution >= 4 is 22.6 Å². The molecule has 1 aromatic carbocycles. The highest BCUT2D eigenvalue weighted by Crippen LogP contribution is 2.29. The number of pyridine rings is 1. The van der Waals surface area contributed by atoms with Crippen LogP contribution in [0.3, 0.4) is 0 Å². The highest BCUT2D eigenvalue weighted by atomic mass is 19.1. The second-order valence-corrected chi connectivity index (χ2v) is 6.73. The molecule has 0 saturated heterocycles. The van der Waals surface area contributed by atoms with Gasteiger partial charge in [0.1, 0.15) is 12.4 Å². The average molecular weight is 376 g/mol. The molecule has 0 atom stereocenters. The Kier molecular flexibility index (Phi) is 3.89. The van der Waals surface area contributed by atoms with Crippen molar-refractivity contribution in [3.05, 3.63) is 66.5 Å². The van der Waals surface area contributed by atoms with Crippen LogP contribution in [-0.4, -0.2) is 37.0 Å². The van der Waals surface area contributed by atoms with Crippen LogP contribution in [0.15, 0.2) is 55.0 Å². The fourth-order valence-electron chi connectivity index (χ4n) is 3.66. The Labute approximate surface area is 160 Å². The van der Waals surface area contributed by atoms with Crippen molar-refractivity contribution in [2.24, 2.45) is 0 Å². The molecule has 0 radical (unpaired) electrons. The van der Waals surface area contributed by atoms with Crippen molar-refractivity contribution in [3.8, 4) is 5.69 Å². The van der Waals surface area contributed by atoms with Gasteiger partial charge < -0.3 is 4.90 Å². The van der Waals surface area contributed by atoms with E-state index in [4.69, 9.17) is 0 Å². The van der Waals surface area contributed by atoms with Crippen molar-refractivity contribution in [1.82, 2.24) is 24.5 Å². The van der Waals surface area contributed by atoms with E-state index in [1.165, 1.54) is 12.1 Å². The smallest absolute Gasteiger partial charge is 0.248 e. The summed E-state index contributed by atoms with van der Waals surface area (Å²) < 4.78 is 16.6. The third-order valence-electron chi connectivity index (χ3n) is 4.99. The molecular formula is C20H17FN6O. The van der Waals surface area contributed by atoms with Gasteiger partial charge in [-0.3, -0.25) is 4.79 Å². The number of rotatable bonds is 3. The standard InChI is InChI=1S/C20H17FN6O/c21-15-5-7-16(8-6-15)27-17-4-2-10-25(18(17)12-24-27)19(28)13-26-20-14(11-23-26)3-1-9-22-20/h1,3,5-9,11-12H,2,4,10,13H2. The second kappa shape index (κ2) is 6.56. The first-order chi connectivity index (χ1) is 13.7. The van der Waals surface area contributed by atoms with Crippen molar-refractivity contribution in [1.29, 1.82) is 0 Å². The summed E-state index contributed by atoms with van der Waals surface area (Å²) in [6.45, 7) is 0.745. The van der Waals surface area contributed by atoms with Crippen LogP contribution < -0.4 is 4.90 Å². The van der Waals surface area contributed by atoms with Crippen molar-refractivity contribution in [2.75, 3.05) is 11.4 Å². The number of fused-ring (bicyclic) bond motifs is 2. The first kappa shape index (κ1) is 16.6. The molecule has 5 rings (SSSR count). The minimum absolute atomic E-state index is 0.0599. The van der Waals surface area contributed by atoms with E-state index in [0.29, 0.717) is 12.2 Å². The minimum Gasteiger partial charge on any atom is -0.308 e. The molecule has 28 heavy (non-hydrogen) atoms. The summed E-state index contributed by atoms with van der Waals surface area (Å²) in [4.78, 5) is 19.1. The Bertz CT molecular complexity index is 1160. The lowest BCUT2D eigenvalue weighted by Gasteiger charge is -2.27. The number of hydrogen-bond acceptors (Lipinski definition) is 4. The van der Waals surface area contributed by atoms with Crippen LogP contribution in [0.2, 0.25) is 0 Å². The summed E-state index contributed by atoms with van der Waals surface area (Å²) in [7, 11) is 0. The van der Waals surface area contributed by atoms with Gasteiger partial charge in [-0.05, 0) is 49.2 Å². The van der Waals surface area contributed by atoms with Gasteiger partial charge >= 0.3 is 0 Å². The molecule has 0 saturated carbocycles. The average Bonchev–Trinajstić information content (AvgIpc) is 3.33. The normalized spacial score (nSPS) is 13.7. The third-order valence-corrected chi connectivity index (χ3v) is 4.99. The van der Waals surface area contributed by atoms with Gasteiger partial charge in [0.25, 0.3) is 0 Å². The van der Waals surface area contributed by atoms with E-state index in [1.54, 1.807) is 45.0 Å². The molecule has 1 amide bonds. The molecule has 1 aliphatic heterocycles. The predicted molar refractivity (Wildman–Crippen MR) is 102 cm³/mol. The highest BCUT2D eigenvalue weighted by molar-refractivity contribution is 5.94. The number of anilines is 1. The Morgan fingerprint density at radius 1 is 1.11 bits per heavy atom. The maximum atomic E-state index is 13.2. The van der Waals surface area contributed by atoms with Gasteiger partial charge in [0, 0.05) is 18.1 Å². The third kappa shape index (κ3) is 2.74. The summed E-state index contributed by atoms with van der Waals surface area (Å²) in [6, 6.07) is 9.95. The number of carbonyl (C=O) groups excluding carboxylic acids is 1. The van der Waals surface area contributed by atoms with Crippen LogP contribution in [0.25, 0.3) is 16.7 Å². The molecule has 8 heteroatoms. The molecule has 0 aliphatic carbocycles. The Balaban J connectivity index is 1.45. The van der Waals surface area contributed by atoms with Gasteiger partial charge in [-0.2, -0.15) is 10.2 Å². The molecule has 7 nitrogen and oxygen atoms in total. The summed E-state index contributed by atoms with van der Waals surface area (Å²) in [6.07, 6.45) is 6.75. The van der Waals surface area contributed by atoms with Crippen molar-refractivity contribution in [2.45, 2.75) is 19.4 Å². The lowest BCUT2D eigenvalue weighted by Crippen LogP contribution is -2.38. The number of nitrogens with zero attached hydrogens (tertiary/aromatic N) is 6. The summed E-state index contributed by atoms with van der Waals surface area (Å²) in [5, 5.41) is 9.64. The summed E-state index contributed by atoms with van der Waals surface area (Å²) in [5.41, 5.74) is 3.22. The van der Waals surface area contributed by atoms with Crippen LogP contribution in [-0.2, 0) is 17.8 Å². The molecule has 4 aromatic rings. The van der Waals surface area contributed by atoms with E-state index < -0.39 is 0 Å². The quantitative estimate of drug-likeness (QED) is 0.551.